The number of nitrogens with one attached hydrogen (secondary N) is 1. The van der Waals surface area contributed by atoms with Crippen LogP contribution >= 0.6 is 15.9 Å². The van der Waals surface area contributed by atoms with Crippen LogP contribution < -0.4 is 10.1 Å². The third kappa shape index (κ3) is 4.50. The Morgan fingerprint density at radius 3 is 3.05 bits per heavy atom. The molecule has 19 heavy (non-hydrogen) atoms. The Morgan fingerprint density at radius 2 is 2.21 bits per heavy atom. The summed E-state index contributed by atoms with van der Waals surface area (Å²) < 4.78 is 6.93. The molecule has 0 radical (unpaired) electrons. The molecule has 1 aromatic carbocycles. The molecule has 0 fully saturated rings. The van der Waals surface area contributed by atoms with E-state index in [9.17, 15) is 0 Å². The van der Waals surface area contributed by atoms with Gasteiger partial charge in [-0.2, -0.15) is 0 Å². The van der Waals surface area contributed by atoms with E-state index in [0.717, 1.165) is 29.8 Å². The van der Waals surface area contributed by atoms with Crippen molar-refractivity contribution in [3.8, 4) is 5.75 Å². The largest absolute Gasteiger partial charge is 0.493 e. The van der Waals surface area contributed by atoms with Crippen LogP contribution in [0.5, 0.6) is 5.75 Å². The molecule has 0 saturated carbocycles. The van der Waals surface area contributed by atoms with Crippen LogP contribution in [0.4, 0.5) is 0 Å². The lowest BCUT2D eigenvalue weighted by Crippen LogP contribution is -2.22. The Balaban J connectivity index is 1.93. The van der Waals surface area contributed by atoms with Crippen LogP contribution in [-0.2, 0) is 0 Å². The number of benzene rings is 1. The topological polar surface area (TPSA) is 21.3 Å². The molecule has 2 rings (SSSR count). The lowest BCUT2D eigenvalue weighted by Gasteiger charge is -2.18. The average molecular weight is 326 g/mol. The molecule has 1 atom stereocenters. The van der Waals surface area contributed by atoms with E-state index in [1.807, 2.05) is 0 Å². The van der Waals surface area contributed by atoms with Gasteiger partial charge in [-0.25, -0.2) is 0 Å². The maximum Gasteiger partial charge on any atom is 0.125 e. The number of rotatable bonds is 6. The minimum Gasteiger partial charge on any atom is -0.493 e. The fourth-order valence-corrected chi connectivity index (χ4v) is 2.93. The zero-order chi connectivity index (χ0) is 13.5. The summed E-state index contributed by atoms with van der Waals surface area (Å²) >= 11 is 3.52. The summed E-state index contributed by atoms with van der Waals surface area (Å²) in [5.41, 5.74) is 1.32. The summed E-state index contributed by atoms with van der Waals surface area (Å²) in [6, 6.07) is 6.84. The predicted octanol–water partition coefficient (Wildman–Crippen LogP) is 4.83. The lowest BCUT2D eigenvalue weighted by atomic mass is 10.0. The molecule has 0 aromatic heterocycles. The summed E-state index contributed by atoms with van der Waals surface area (Å²) in [5.74, 6) is 1.04. The second-order valence-corrected chi connectivity index (χ2v) is 6.16. The first-order valence-corrected chi connectivity index (χ1v) is 8.26. The molecule has 0 aliphatic carbocycles. The Morgan fingerprint density at radius 1 is 1.32 bits per heavy atom. The van der Waals surface area contributed by atoms with E-state index < -0.39 is 0 Å². The van der Waals surface area contributed by atoms with Gasteiger partial charge in [0.2, 0.25) is 0 Å². The monoisotopic (exact) mass is 325 g/mol. The summed E-state index contributed by atoms with van der Waals surface area (Å²) in [6.07, 6.45) is 7.55. The Labute approximate surface area is 125 Å². The molecule has 1 aliphatic rings. The molecule has 2 nitrogen and oxygen atoms in total. The molecular formula is C16H24BrNO. The highest BCUT2D eigenvalue weighted by atomic mass is 79.9. The fourth-order valence-electron chi connectivity index (χ4n) is 2.59. The van der Waals surface area contributed by atoms with Crippen LogP contribution in [-0.4, -0.2) is 13.2 Å². The number of halogens is 1. The summed E-state index contributed by atoms with van der Waals surface area (Å²) in [7, 11) is 0. The van der Waals surface area contributed by atoms with Crippen molar-refractivity contribution >= 4 is 15.9 Å². The lowest BCUT2D eigenvalue weighted by molar-refractivity contribution is 0.315. The molecule has 1 N–H and O–H groups in total. The van der Waals surface area contributed by atoms with Crippen molar-refractivity contribution in [3.05, 3.63) is 28.2 Å². The Bertz CT molecular complexity index is 394. The van der Waals surface area contributed by atoms with Gasteiger partial charge in [-0.1, -0.05) is 48.2 Å². The van der Waals surface area contributed by atoms with Crippen LogP contribution in [0.1, 0.15) is 57.1 Å². The van der Waals surface area contributed by atoms with Gasteiger partial charge >= 0.3 is 0 Å². The van der Waals surface area contributed by atoms with Crippen molar-refractivity contribution in [2.24, 2.45) is 0 Å². The van der Waals surface area contributed by atoms with Gasteiger partial charge in [0.1, 0.15) is 5.75 Å². The van der Waals surface area contributed by atoms with Crippen LogP contribution in [0.25, 0.3) is 0 Å². The van der Waals surface area contributed by atoms with Gasteiger partial charge in [-0.05, 0) is 37.9 Å². The third-order valence-corrected chi connectivity index (χ3v) is 4.16. The molecule has 1 heterocycles. The van der Waals surface area contributed by atoms with E-state index in [2.05, 4.69) is 46.4 Å². The maximum atomic E-state index is 5.83. The summed E-state index contributed by atoms with van der Waals surface area (Å²) in [4.78, 5) is 0. The van der Waals surface area contributed by atoms with Gasteiger partial charge in [0.05, 0.1) is 6.61 Å². The Hall–Kier alpha value is -0.540. The highest BCUT2D eigenvalue weighted by Gasteiger charge is 2.19. The quantitative estimate of drug-likeness (QED) is 0.756. The van der Waals surface area contributed by atoms with Crippen LogP contribution in [0.2, 0.25) is 0 Å². The van der Waals surface area contributed by atoms with Crippen molar-refractivity contribution in [3.63, 3.8) is 0 Å². The van der Waals surface area contributed by atoms with E-state index in [0.29, 0.717) is 6.04 Å². The van der Waals surface area contributed by atoms with E-state index >= 15 is 0 Å². The van der Waals surface area contributed by atoms with Gasteiger partial charge in [0.15, 0.2) is 0 Å². The molecule has 3 heteroatoms. The van der Waals surface area contributed by atoms with E-state index in [4.69, 9.17) is 4.74 Å². The number of hydrogen-bond acceptors (Lipinski definition) is 2. The van der Waals surface area contributed by atoms with Gasteiger partial charge in [-0.3, -0.25) is 0 Å². The van der Waals surface area contributed by atoms with E-state index in [1.165, 1.54) is 37.7 Å². The van der Waals surface area contributed by atoms with Crippen molar-refractivity contribution in [2.75, 3.05) is 13.2 Å². The van der Waals surface area contributed by atoms with Gasteiger partial charge in [-0.15, -0.1) is 0 Å². The zero-order valence-electron chi connectivity index (χ0n) is 11.8. The average Bonchev–Trinajstić information content (AvgIpc) is 2.60. The second-order valence-electron chi connectivity index (χ2n) is 5.24. The Kier molecular flexibility index (Phi) is 6.18. The second kappa shape index (κ2) is 7.91. The SMILES string of the molecule is CCCCCCNC1CCCOc2cc(Br)ccc21. The van der Waals surface area contributed by atoms with Crippen LogP contribution in [0.15, 0.2) is 22.7 Å². The smallest absolute Gasteiger partial charge is 0.125 e. The number of ether oxygens (including phenoxy) is 1. The molecule has 0 spiro atoms. The zero-order valence-corrected chi connectivity index (χ0v) is 13.3. The van der Waals surface area contributed by atoms with Crippen LogP contribution in [0, 0.1) is 0 Å². The normalized spacial score (nSPS) is 18.5. The summed E-state index contributed by atoms with van der Waals surface area (Å²) in [5, 5.41) is 3.70. The van der Waals surface area contributed by atoms with Gasteiger partial charge in [0.25, 0.3) is 0 Å². The first-order chi connectivity index (χ1) is 9.31. The molecule has 106 valence electrons. The molecule has 0 saturated heterocycles. The highest BCUT2D eigenvalue weighted by Crippen LogP contribution is 2.33. The van der Waals surface area contributed by atoms with Crippen molar-refractivity contribution in [2.45, 2.75) is 51.5 Å². The maximum absolute atomic E-state index is 5.83. The van der Waals surface area contributed by atoms with E-state index in [-0.39, 0.29) is 0 Å². The molecule has 1 aromatic rings. The first kappa shape index (κ1) is 14.9. The molecule has 0 bridgehead atoms. The van der Waals surface area contributed by atoms with Crippen molar-refractivity contribution in [1.82, 2.24) is 5.32 Å². The highest BCUT2D eigenvalue weighted by molar-refractivity contribution is 9.10. The number of unbranched alkanes of at least 4 members (excludes halogenated alkanes) is 3. The minimum atomic E-state index is 0.451. The minimum absolute atomic E-state index is 0.451. The first-order valence-electron chi connectivity index (χ1n) is 7.47. The molecular weight excluding hydrogens is 302 g/mol. The van der Waals surface area contributed by atoms with E-state index in [1.54, 1.807) is 0 Å². The standard InChI is InChI=1S/C16H24BrNO/c1-2-3-4-5-10-18-15-7-6-11-19-16-12-13(17)8-9-14(15)16/h8-9,12,15,18H,2-7,10-11H2,1H3. The van der Waals surface area contributed by atoms with Crippen molar-refractivity contribution in [1.29, 1.82) is 0 Å². The molecule has 0 amide bonds. The predicted molar refractivity (Wildman–Crippen MR) is 83.8 cm³/mol. The number of fused-ring (bicyclic) bond motifs is 1. The van der Waals surface area contributed by atoms with Gasteiger partial charge in [0, 0.05) is 16.1 Å². The van der Waals surface area contributed by atoms with Crippen molar-refractivity contribution < 1.29 is 4.74 Å². The molecule has 1 unspecified atom stereocenters. The van der Waals surface area contributed by atoms with Gasteiger partial charge < -0.3 is 10.1 Å². The third-order valence-electron chi connectivity index (χ3n) is 3.67. The summed E-state index contributed by atoms with van der Waals surface area (Å²) in [6.45, 7) is 4.20. The number of hydrogen-bond donors (Lipinski definition) is 1. The fraction of sp³-hybridized carbons (Fsp3) is 0.625. The molecule has 1 aliphatic heterocycles. The van der Waals surface area contributed by atoms with Crippen LogP contribution in [0.3, 0.4) is 0 Å².